The number of nitrogens with zero attached hydrogens (tertiary/aromatic N) is 1. The molecule has 0 saturated heterocycles. The van der Waals surface area contributed by atoms with Crippen LogP contribution in [0.4, 0.5) is 18.9 Å². The minimum Gasteiger partial charge on any atom is -0.381 e. The van der Waals surface area contributed by atoms with E-state index in [0.29, 0.717) is 17.8 Å². The van der Waals surface area contributed by atoms with Gasteiger partial charge in [-0.1, -0.05) is 24.3 Å². The highest BCUT2D eigenvalue weighted by Crippen LogP contribution is 2.22. The number of benzene rings is 2. The Bertz CT molecular complexity index is 673. The van der Waals surface area contributed by atoms with Crippen LogP contribution in [0.25, 0.3) is 0 Å². The van der Waals surface area contributed by atoms with Crippen molar-refractivity contribution in [2.75, 3.05) is 5.32 Å². The van der Waals surface area contributed by atoms with Crippen LogP contribution < -0.4 is 5.32 Å². The molecule has 0 heterocycles. The first-order valence-corrected chi connectivity index (χ1v) is 6.32. The van der Waals surface area contributed by atoms with Crippen molar-refractivity contribution in [3.63, 3.8) is 0 Å². The third-order valence-electron chi connectivity index (χ3n) is 3.19. The molecule has 108 valence electrons. The van der Waals surface area contributed by atoms with E-state index in [9.17, 15) is 13.2 Å². The maximum absolute atomic E-state index is 13.6. The van der Waals surface area contributed by atoms with E-state index in [-0.39, 0.29) is 11.1 Å². The van der Waals surface area contributed by atoms with Gasteiger partial charge in [0.25, 0.3) is 6.43 Å². The number of halogens is 3. The zero-order valence-corrected chi connectivity index (χ0v) is 11.3. The van der Waals surface area contributed by atoms with Gasteiger partial charge in [-0.3, -0.25) is 0 Å². The topological polar surface area (TPSA) is 35.8 Å². The van der Waals surface area contributed by atoms with Crippen molar-refractivity contribution < 1.29 is 13.2 Å². The SMILES string of the molecule is Cc1c(F)cc(C#N)cc1NCc1ccc(C(F)F)cc1. The normalized spacial score (nSPS) is 10.5. The summed E-state index contributed by atoms with van der Waals surface area (Å²) in [6, 6.07) is 10.5. The summed E-state index contributed by atoms with van der Waals surface area (Å²) < 4.78 is 38.5. The molecule has 2 rings (SSSR count). The van der Waals surface area contributed by atoms with E-state index in [2.05, 4.69) is 5.32 Å². The number of hydrogen-bond acceptors (Lipinski definition) is 2. The smallest absolute Gasteiger partial charge is 0.263 e. The van der Waals surface area contributed by atoms with Crippen molar-refractivity contribution in [3.8, 4) is 6.07 Å². The first-order chi connectivity index (χ1) is 10.0. The molecule has 0 atom stereocenters. The Morgan fingerprint density at radius 2 is 1.86 bits per heavy atom. The molecule has 0 bridgehead atoms. The fourth-order valence-electron chi connectivity index (χ4n) is 1.91. The number of hydrogen-bond donors (Lipinski definition) is 1. The van der Waals surface area contributed by atoms with Crippen LogP contribution in [-0.2, 0) is 6.54 Å². The molecule has 0 fully saturated rings. The summed E-state index contributed by atoms with van der Waals surface area (Å²) >= 11 is 0. The van der Waals surface area contributed by atoms with E-state index in [4.69, 9.17) is 5.26 Å². The average molecular weight is 290 g/mol. The van der Waals surface area contributed by atoms with Gasteiger partial charge < -0.3 is 5.32 Å². The highest BCUT2D eigenvalue weighted by atomic mass is 19.3. The number of nitrogens with one attached hydrogen (secondary N) is 1. The van der Waals surface area contributed by atoms with Crippen molar-refractivity contribution in [1.29, 1.82) is 5.26 Å². The summed E-state index contributed by atoms with van der Waals surface area (Å²) in [5, 5.41) is 11.8. The predicted octanol–water partition coefficient (Wildman–Crippen LogP) is 4.56. The number of alkyl halides is 2. The maximum Gasteiger partial charge on any atom is 0.263 e. The number of anilines is 1. The number of nitriles is 1. The fraction of sp³-hybridized carbons (Fsp3) is 0.188. The van der Waals surface area contributed by atoms with Crippen LogP contribution in [0.2, 0.25) is 0 Å². The molecule has 21 heavy (non-hydrogen) atoms. The summed E-state index contributed by atoms with van der Waals surface area (Å²) in [6.07, 6.45) is -2.49. The predicted molar refractivity (Wildman–Crippen MR) is 74.6 cm³/mol. The van der Waals surface area contributed by atoms with Crippen molar-refractivity contribution in [2.24, 2.45) is 0 Å². The van der Waals surface area contributed by atoms with Crippen LogP contribution in [0.15, 0.2) is 36.4 Å². The first kappa shape index (κ1) is 14.9. The summed E-state index contributed by atoms with van der Waals surface area (Å²) in [4.78, 5) is 0. The average Bonchev–Trinajstić information content (AvgIpc) is 2.49. The highest BCUT2D eigenvalue weighted by molar-refractivity contribution is 5.56. The highest BCUT2D eigenvalue weighted by Gasteiger charge is 2.08. The first-order valence-electron chi connectivity index (χ1n) is 6.32. The van der Waals surface area contributed by atoms with Crippen molar-refractivity contribution in [1.82, 2.24) is 0 Å². The molecule has 0 radical (unpaired) electrons. The second kappa shape index (κ2) is 6.31. The van der Waals surface area contributed by atoms with Crippen LogP contribution in [-0.4, -0.2) is 0 Å². The van der Waals surface area contributed by atoms with E-state index in [0.717, 1.165) is 5.56 Å². The maximum atomic E-state index is 13.6. The Hall–Kier alpha value is -2.48. The van der Waals surface area contributed by atoms with Crippen molar-refractivity contribution >= 4 is 5.69 Å². The van der Waals surface area contributed by atoms with E-state index in [1.807, 2.05) is 6.07 Å². The molecule has 0 amide bonds. The second-order valence-corrected chi connectivity index (χ2v) is 4.64. The van der Waals surface area contributed by atoms with E-state index >= 15 is 0 Å². The van der Waals surface area contributed by atoms with Gasteiger partial charge in [0.2, 0.25) is 0 Å². The van der Waals surface area contributed by atoms with Gasteiger partial charge in [0, 0.05) is 23.4 Å². The third kappa shape index (κ3) is 3.54. The summed E-state index contributed by atoms with van der Waals surface area (Å²) in [5.74, 6) is -0.454. The molecule has 0 aliphatic rings. The van der Waals surface area contributed by atoms with E-state index < -0.39 is 12.2 Å². The van der Waals surface area contributed by atoms with E-state index in [1.165, 1.54) is 18.2 Å². The lowest BCUT2D eigenvalue weighted by atomic mass is 10.1. The summed E-state index contributed by atoms with van der Waals surface area (Å²) in [6.45, 7) is 1.97. The van der Waals surface area contributed by atoms with Gasteiger partial charge in [0.1, 0.15) is 5.82 Å². The van der Waals surface area contributed by atoms with Gasteiger partial charge in [-0.2, -0.15) is 5.26 Å². The molecule has 2 aromatic rings. The van der Waals surface area contributed by atoms with Gasteiger partial charge in [-0.25, -0.2) is 13.2 Å². The van der Waals surface area contributed by atoms with Gasteiger partial charge in [0.05, 0.1) is 11.6 Å². The van der Waals surface area contributed by atoms with Crippen LogP contribution in [0.1, 0.15) is 28.7 Å². The Balaban J connectivity index is 2.13. The molecular weight excluding hydrogens is 277 g/mol. The van der Waals surface area contributed by atoms with Crippen LogP contribution in [0.3, 0.4) is 0 Å². The van der Waals surface area contributed by atoms with Crippen molar-refractivity contribution in [2.45, 2.75) is 19.9 Å². The van der Waals surface area contributed by atoms with Crippen molar-refractivity contribution in [3.05, 3.63) is 64.5 Å². The summed E-state index contributed by atoms with van der Waals surface area (Å²) in [5.41, 5.74) is 1.92. The Kier molecular flexibility index (Phi) is 4.49. The molecule has 0 aliphatic heterocycles. The number of rotatable bonds is 4. The molecule has 5 heteroatoms. The Morgan fingerprint density at radius 1 is 1.19 bits per heavy atom. The van der Waals surface area contributed by atoms with E-state index in [1.54, 1.807) is 25.1 Å². The molecular formula is C16H13F3N2. The standard InChI is InChI=1S/C16H13F3N2/c1-10-14(17)6-12(8-20)7-15(10)21-9-11-2-4-13(5-3-11)16(18)19/h2-7,16,21H,9H2,1H3. The largest absolute Gasteiger partial charge is 0.381 e. The second-order valence-electron chi connectivity index (χ2n) is 4.64. The molecule has 0 spiro atoms. The molecule has 2 nitrogen and oxygen atoms in total. The zero-order valence-electron chi connectivity index (χ0n) is 11.3. The molecule has 0 saturated carbocycles. The van der Waals surface area contributed by atoms with Gasteiger partial charge in [-0.15, -0.1) is 0 Å². The van der Waals surface area contributed by atoms with Crippen LogP contribution >= 0.6 is 0 Å². The molecule has 2 aromatic carbocycles. The Morgan fingerprint density at radius 3 is 2.43 bits per heavy atom. The van der Waals surface area contributed by atoms with Gasteiger partial charge >= 0.3 is 0 Å². The van der Waals surface area contributed by atoms with Crippen LogP contribution in [0.5, 0.6) is 0 Å². The molecule has 0 aliphatic carbocycles. The van der Waals surface area contributed by atoms with Crippen LogP contribution in [0, 0.1) is 24.1 Å². The molecule has 0 unspecified atom stereocenters. The van der Waals surface area contributed by atoms with Gasteiger partial charge in [-0.05, 0) is 24.6 Å². The lowest BCUT2D eigenvalue weighted by Crippen LogP contribution is -2.03. The minimum absolute atomic E-state index is 0.0348. The Labute approximate surface area is 120 Å². The summed E-state index contributed by atoms with van der Waals surface area (Å²) in [7, 11) is 0. The lowest BCUT2D eigenvalue weighted by molar-refractivity contribution is 0.151. The quantitative estimate of drug-likeness (QED) is 0.896. The molecule has 0 aromatic heterocycles. The lowest BCUT2D eigenvalue weighted by Gasteiger charge is -2.11. The molecule has 1 N–H and O–H groups in total. The third-order valence-corrected chi connectivity index (χ3v) is 3.19. The van der Waals surface area contributed by atoms with Gasteiger partial charge in [0.15, 0.2) is 0 Å². The minimum atomic E-state index is -2.49. The fourth-order valence-corrected chi connectivity index (χ4v) is 1.91. The zero-order chi connectivity index (χ0) is 15.4. The monoisotopic (exact) mass is 290 g/mol.